The molecule has 1 unspecified atom stereocenters. The van der Waals surface area contributed by atoms with Crippen LogP contribution in [0.3, 0.4) is 0 Å². The highest BCUT2D eigenvalue weighted by Gasteiger charge is 2.19. The Bertz CT molecular complexity index is 926. The van der Waals surface area contributed by atoms with E-state index in [0.29, 0.717) is 20.9 Å². The molecule has 4 nitrogen and oxygen atoms in total. The maximum absolute atomic E-state index is 12.5. The number of hydrogen-bond donors (Lipinski definition) is 0. The second-order valence-corrected chi connectivity index (χ2v) is 7.59. The quantitative estimate of drug-likeness (QED) is 0.412. The van der Waals surface area contributed by atoms with E-state index >= 15 is 0 Å². The van der Waals surface area contributed by atoms with Crippen LogP contribution in [0.2, 0.25) is 0 Å². The number of rotatable bonds is 4. The van der Waals surface area contributed by atoms with Crippen molar-refractivity contribution in [2.45, 2.75) is 24.3 Å². The molecule has 6 heteroatoms. The first-order chi connectivity index (χ1) is 11.0. The fourth-order valence-corrected chi connectivity index (χ4v) is 4.01. The molecule has 0 N–H and O–H groups in total. The summed E-state index contributed by atoms with van der Waals surface area (Å²) in [4.78, 5) is 30.1. The van der Waals surface area contributed by atoms with Crippen LogP contribution in [-0.4, -0.2) is 20.6 Å². The van der Waals surface area contributed by atoms with Crippen molar-refractivity contribution in [3.63, 3.8) is 0 Å². The molecule has 0 saturated carbocycles. The van der Waals surface area contributed by atoms with Crippen molar-refractivity contribution in [1.82, 2.24) is 9.55 Å². The zero-order chi connectivity index (χ0) is 16.6. The maximum atomic E-state index is 12.5. The normalized spacial score (nSPS) is 12.5. The first kappa shape index (κ1) is 16.0. The zero-order valence-electron chi connectivity index (χ0n) is 13.1. The predicted octanol–water partition coefficient (Wildman–Crippen LogP) is 3.67. The van der Waals surface area contributed by atoms with E-state index in [1.165, 1.54) is 27.7 Å². The zero-order valence-corrected chi connectivity index (χ0v) is 14.7. The van der Waals surface area contributed by atoms with E-state index in [4.69, 9.17) is 0 Å². The lowest BCUT2D eigenvalue weighted by molar-refractivity contribution is 0.0994. The molecule has 3 rings (SSSR count). The van der Waals surface area contributed by atoms with Gasteiger partial charge in [0.1, 0.15) is 4.83 Å². The Morgan fingerprint density at radius 3 is 2.65 bits per heavy atom. The van der Waals surface area contributed by atoms with Crippen LogP contribution in [0, 0.1) is 6.92 Å². The highest BCUT2D eigenvalue weighted by atomic mass is 32.2. The van der Waals surface area contributed by atoms with Crippen LogP contribution in [0.15, 0.2) is 45.7 Å². The summed E-state index contributed by atoms with van der Waals surface area (Å²) in [6.07, 6.45) is 0. The van der Waals surface area contributed by atoms with E-state index < -0.39 is 0 Å². The summed E-state index contributed by atoms with van der Waals surface area (Å²) >= 11 is 2.75. The molecule has 1 atom stereocenters. The van der Waals surface area contributed by atoms with Crippen LogP contribution in [-0.2, 0) is 7.05 Å². The molecule has 3 aromatic rings. The number of Topliss-reactive ketones (excluding diaryl/α,β-unsaturated/α-hetero) is 1. The van der Waals surface area contributed by atoms with E-state index in [9.17, 15) is 9.59 Å². The number of hydrogen-bond acceptors (Lipinski definition) is 5. The van der Waals surface area contributed by atoms with Crippen molar-refractivity contribution in [3.05, 3.63) is 57.2 Å². The molecular formula is C17H16N2O2S2. The van der Waals surface area contributed by atoms with Gasteiger partial charge in [0.2, 0.25) is 0 Å². The van der Waals surface area contributed by atoms with Gasteiger partial charge in [0, 0.05) is 12.6 Å². The second-order valence-electron chi connectivity index (χ2n) is 5.39. The SMILES string of the molecule is Cc1ccc(C(=O)C(C)Sc2nc3sccc3c(=O)n2C)cc1. The fraction of sp³-hybridized carbons (Fsp3) is 0.235. The standard InChI is InChI=1S/C17H16N2O2S2/c1-10-4-6-12(7-5-10)14(20)11(2)23-17-18-15-13(8-9-22-15)16(21)19(17)3/h4-9,11H,1-3H3. The van der Waals surface area contributed by atoms with Crippen LogP contribution in [0.1, 0.15) is 22.8 Å². The van der Waals surface area contributed by atoms with Crippen molar-refractivity contribution in [3.8, 4) is 0 Å². The lowest BCUT2D eigenvalue weighted by atomic mass is 10.1. The number of thiophene rings is 1. The van der Waals surface area contributed by atoms with Crippen molar-refractivity contribution >= 4 is 39.1 Å². The Morgan fingerprint density at radius 1 is 1.26 bits per heavy atom. The molecule has 0 saturated heterocycles. The number of aryl methyl sites for hydroxylation is 1. The summed E-state index contributed by atoms with van der Waals surface area (Å²) in [6.45, 7) is 3.83. The van der Waals surface area contributed by atoms with Crippen LogP contribution >= 0.6 is 23.1 Å². The number of benzene rings is 1. The van der Waals surface area contributed by atoms with Gasteiger partial charge in [-0.3, -0.25) is 14.2 Å². The number of thioether (sulfide) groups is 1. The Kier molecular flexibility index (Phi) is 4.37. The predicted molar refractivity (Wildman–Crippen MR) is 95.7 cm³/mol. The van der Waals surface area contributed by atoms with Crippen LogP contribution in [0.5, 0.6) is 0 Å². The maximum Gasteiger partial charge on any atom is 0.262 e. The first-order valence-corrected chi connectivity index (χ1v) is 8.95. The van der Waals surface area contributed by atoms with Crippen molar-refractivity contribution in [2.24, 2.45) is 7.05 Å². The summed E-state index contributed by atoms with van der Waals surface area (Å²) in [5, 5.41) is 2.74. The Morgan fingerprint density at radius 2 is 1.96 bits per heavy atom. The highest BCUT2D eigenvalue weighted by molar-refractivity contribution is 8.00. The highest BCUT2D eigenvalue weighted by Crippen LogP contribution is 2.25. The average molecular weight is 344 g/mol. The van der Waals surface area contributed by atoms with Gasteiger partial charge < -0.3 is 0 Å². The third-order valence-electron chi connectivity index (χ3n) is 3.65. The van der Waals surface area contributed by atoms with Crippen molar-refractivity contribution in [1.29, 1.82) is 0 Å². The third kappa shape index (κ3) is 3.09. The molecular weight excluding hydrogens is 328 g/mol. The lowest BCUT2D eigenvalue weighted by Crippen LogP contribution is -2.21. The molecule has 0 radical (unpaired) electrons. The lowest BCUT2D eigenvalue weighted by Gasteiger charge is -2.12. The van der Waals surface area contributed by atoms with Gasteiger partial charge in [0.25, 0.3) is 5.56 Å². The molecule has 0 bridgehead atoms. The molecule has 23 heavy (non-hydrogen) atoms. The van der Waals surface area contributed by atoms with E-state index in [1.807, 2.05) is 43.5 Å². The Balaban J connectivity index is 1.89. The number of aromatic nitrogens is 2. The van der Waals surface area contributed by atoms with Gasteiger partial charge in [0.15, 0.2) is 10.9 Å². The van der Waals surface area contributed by atoms with E-state index in [-0.39, 0.29) is 16.6 Å². The molecule has 2 heterocycles. The van der Waals surface area contributed by atoms with E-state index in [0.717, 1.165) is 5.56 Å². The van der Waals surface area contributed by atoms with Crippen LogP contribution in [0.4, 0.5) is 0 Å². The van der Waals surface area contributed by atoms with Gasteiger partial charge in [-0.15, -0.1) is 11.3 Å². The van der Waals surface area contributed by atoms with Crippen molar-refractivity contribution in [2.75, 3.05) is 0 Å². The van der Waals surface area contributed by atoms with Gasteiger partial charge in [-0.2, -0.15) is 0 Å². The van der Waals surface area contributed by atoms with Crippen LogP contribution in [0.25, 0.3) is 10.2 Å². The minimum Gasteiger partial charge on any atom is -0.293 e. The van der Waals surface area contributed by atoms with E-state index in [1.54, 1.807) is 13.1 Å². The monoisotopic (exact) mass is 344 g/mol. The summed E-state index contributed by atoms with van der Waals surface area (Å²) in [6, 6.07) is 9.31. The molecule has 0 aliphatic heterocycles. The minimum atomic E-state index is -0.312. The molecule has 0 amide bonds. The fourth-order valence-electron chi connectivity index (χ4n) is 2.25. The summed E-state index contributed by atoms with van der Waals surface area (Å²) in [5.74, 6) is 0.0375. The van der Waals surface area contributed by atoms with Crippen LogP contribution < -0.4 is 5.56 Å². The molecule has 1 aromatic carbocycles. The number of nitrogens with zero attached hydrogens (tertiary/aromatic N) is 2. The Labute approximate surface area is 142 Å². The van der Waals surface area contributed by atoms with Gasteiger partial charge >= 0.3 is 0 Å². The number of ketones is 1. The van der Waals surface area contributed by atoms with Gasteiger partial charge in [-0.05, 0) is 25.3 Å². The topological polar surface area (TPSA) is 52.0 Å². The molecule has 118 valence electrons. The smallest absolute Gasteiger partial charge is 0.262 e. The first-order valence-electron chi connectivity index (χ1n) is 7.19. The second kappa shape index (κ2) is 6.29. The minimum absolute atomic E-state index is 0.0375. The average Bonchev–Trinajstić information content (AvgIpc) is 3.00. The number of carbonyl (C=O) groups excluding carboxylic acids is 1. The summed E-state index contributed by atoms with van der Waals surface area (Å²) in [7, 11) is 1.69. The van der Waals surface area contributed by atoms with E-state index in [2.05, 4.69) is 4.98 Å². The van der Waals surface area contributed by atoms with Crippen molar-refractivity contribution < 1.29 is 4.79 Å². The number of fused-ring (bicyclic) bond motifs is 1. The molecule has 0 aliphatic carbocycles. The Hall–Kier alpha value is -1.92. The number of carbonyl (C=O) groups is 1. The summed E-state index contributed by atoms with van der Waals surface area (Å²) < 4.78 is 1.51. The van der Waals surface area contributed by atoms with Gasteiger partial charge in [-0.1, -0.05) is 41.6 Å². The third-order valence-corrected chi connectivity index (χ3v) is 5.60. The van der Waals surface area contributed by atoms with Gasteiger partial charge in [-0.25, -0.2) is 4.98 Å². The molecule has 0 fully saturated rings. The molecule has 0 aliphatic rings. The van der Waals surface area contributed by atoms with Gasteiger partial charge in [0.05, 0.1) is 10.6 Å². The molecule has 2 aromatic heterocycles. The molecule has 0 spiro atoms. The summed E-state index contributed by atoms with van der Waals surface area (Å²) in [5.41, 5.74) is 1.72. The largest absolute Gasteiger partial charge is 0.293 e.